The van der Waals surface area contributed by atoms with Crippen molar-refractivity contribution in [2.45, 2.75) is 6.92 Å². The van der Waals surface area contributed by atoms with Gasteiger partial charge in [0.25, 0.3) is 0 Å². The smallest absolute Gasteiger partial charge is 0.160 e. The maximum atomic E-state index is 5.16. The molecule has 7 rings (SSSR count). The maximum Gasteiger partial charge on any atom is 0.160 e. The van der Waals surface area contributed by atoms with Crippen LogP contribution in [0.3, 0.4) is 0 Å². The Labute approximate surface area is 288 Å². The zero-order valence-corrected chi connectivity index (χ0v) is 27.4. The van der Waals surface area contributed by atoms with Crippen molar-refractivity contribution in [1.82, 2.24) is 15.0 Å². The van der Waals surface area contributed by atoms with Crippen LogP contribution in [-0.4, -0.2) is 15.0 Å². The Morgan fingerprint density at radius 1 is 0.469 bits per heavy atom. The van der Waals surface area contributed by atoms with Crippen LogP contribution < -0.4 is 0 Å². The van der Waals surface area contributed by atoms with Gasteiger partial charge in [-0.25, -0.2) is 9.97 Å². The third-order valence-electron chi connectivity index (χ3n) is 8.49. The lowest BCUT2D eigenvalue weighted by Gasteiger charge is -2.12. The van der Waals surface area contributed by atoms with E-state index in [2.05, 4.69) is 134 Å². The second-order valence-electron chi connectivity index (χ2n) is 11.9. The summed E-state index contributed by atoms with van der Waals surface area (Å²) in [5.74, 6) is 0.631. The molecular formula is C46H35N3. The fourth-order valence-corrected chi connectivity index (χ4v) is 5.79. The fraction of sp³-hybridized carbons (Fsp3) is 0.0217. The third kappa shape index (κ3) is 7.43. The van der Waals surface area contributed by atoms with Crippen molar-refractivity contribution >= 4 is 16.7 Å². The van der Waals surface area contributed by atoms with Crippen molar-refractivity contribution in [2.24, 2.45) is 0 Å². The zero-order chi connectivity index (χ0) is 33.4. The lowest BCUT2D eigenvalue weighted by molar-refractivity contribution is 1.13. The first-order valence-electron chi connectivity index (χ1n) is 16.4. The van der Waals surface area contributed by atoms with Crippen LogP contribution in [-0.2, 0) is 0 Å². The molecule has 0 fully saturated rings. The minimum atomic E-state index is 0.631. The van der Waals surface area contributed by atoms with Crippen LogP contribution in [0.15, 0.2) is 189 Å². The SMILES string of the molecule is C=C(/C=C(\C=C(/C)c1ccc(-c2ccccc2)cc1)c1nc(-c2ccccc2)cc(-c2ccccc2)n1)c1ccc(-c2ccccn2)cc1. The molecule has 0 unspecified atom stereocenters. The molecule has 0 atom stereocenters. The Hall–Kier alpha value is -6.45. The normalized spacial score (nSPS) is 11.7. The van der Waals surface area contributed by atoms with Crippen molar-refractivity contribution < 1.29 is 0 Å². The van der Waals surface area contributed by atoms with E-state index in [-0.39, 0.29) is 0 Å². The highest BCUT2D eigenvalue weighted by Crippen LogP contribution is 2.31. The second-order valence-corrected chi connectivity index (χ2v) is 11.9. The fourth-order valence-electron chi connectivity index (χ4n) is 5.79. The predicted molar refractivity (Wildman–Crippen MR) is 205 cm³/mol. The van der Waals surface area contributed by atoms with Crippen molar-refractivity contribution in [3.63, 3.8) is 0 Å². The van der Waals surface area contributed by atoms with Crippen molar-refractivity contribution in [2.75, 3.05) is 0 Å². The standard InChI is InChI=1S/C46H35N3/c1-33(35-21-25-38(26-22-35)37-14-6-3-7-15-37)30-42(31-34(2)36-23-27-41(28-24-36)43-20-12-13-29-47-43)46-48-44(39-16-8-4-9-17-39)32-45(49-46)40-18-10-5-11-19-40/h3-32H,2H2,1H3/b33-30+,42-31+. The van der Waals surface area contributed by atoms with Crippen LogP contribution in [0.4, 0.5) is 0 Å². The van der Waals surface area contributed by atoms with E-state index in [1.807, 2.05) is 66.9 Å². The molecule has 0 radical (unpaired) electrons. The van der Waals surface area contributed by atoms with E-state index < -0.39 is 0 Å². The van der Waals surface area contributed by atoms with E-state index in [1.165, 1.54) is 11.1 Å². The van der Waals surface area contributed by atoms with Crippen molar-refractivity contribution in [3.8, 4) is 44.9 Å². The van der Waals surface area contributed by atoms with Crippen LogP contribution in [0.1, 0.15) is 23.9 Å². The molecule has 0 aliphatic carbocycles. The highest BCUT2D eigenvalue weighted by molar-refractivity contribution is 5.90. The quantitative estimate of drug-likeness (QED) is 0.149. The second kappa shape index (κ2) is 14.5. The van der Waals surface area contributed by atoms with Gasteiger partial charge in [0.1, 0.15) is 0 Å². The summed E-state index contributed by atoms with van der Waals surface area (Å²) in [6, 6.07) is 56.0. The van der Waals surface area contributed by atoms with Gasteiger partial charge in [-0.3, -0.25) is 4.98 Å². The Morgan fingerprint density at radius 2 is 0.939 bits per heavy atom. The summed E-state index contributed by atoms with van der Waals surface area (Å²) in [6.07, 6.45) is 6.08. The first-order valence-corrected chi connectivity index (χ1v) is 16.4. The van der Waals surface area contributed by atoms with Gasteiger partial charge >= 0.3 is 0 Å². The van der Waals surface area contributed by atoms with Crippen LogP contribution in [0.5, 0.6) is 0 Å². The summed E-state index contributed by atoms with van der Waals surface area (Å²) in [5.41, 5.74) is 13.1. The van der Waals surface area contributed by atoms with Crippen molar-refractivity contribution in [1.29, 1.82) is 0 Å². The van der Waals surface area contributed by atoms with Crippen LogP contribution in [0.2, 0.25) is 0 Å². The topological polar surface area (TPSA) is 38.7 Å². The number of hydrogen-bond acceptors (Lipinski definition) is 3. The largest absolute Gasteiger partial charge is 0.256 e. The molecule has 3 nitrogen and oxygen atoms in total. The van der Waals surface area contributed by atoms with E-state index in [9.17, 15) is 0 Å². The average Bonchev–Trinajstić information content (AvgIpc) is 3.19. The summed E-state index contributed by atoms with van der Waals surface area (Å²) in [5, 5.41) is 0. The number of benzene rings is 5. The van der Waals surface area contributed by atoms with Crippen LogP contribution >= 0.6 is 0 Å². The number of pyridine rings is 1. The highest BCUT2D eigenvalue weighted by Gasteiger charge is 2.13. The summed E-state index contributed by atoms with van der Waals surface area (Å²) in [6.45, 7) is 6.64. The van der Waals surface area contributed by atoms with Gasteiger partial charge in [0.2, 0.25) is 0 Å². The zero-order valence-electron chi connectivity index (χ0n) is 27.4. The lowest BCUT2D eigenvalue weighted by atomic mass is 9.97. The van der Waals surface area contributed by atoms with Gasteiger partial charge < -0.3 is 0 Å². The first-order chi connectivity index (χ1) is 24.1. The summed E-state index contributed by atoms with van der Waals surface area (Å²) < 4.78 is 0. The summed E-state index contributed by atoms with van der Waals surface area (Å²) >= 11 is 0. The number of nitrogens with zero attached hydrogens (tertiary/aromatic N) is 3. The molecule has 0 N–H and O–H groups in total. The predicted octanol–water partition coefficient (Wildman–Crippen LogP) is 11.7. The Balaban J connectivity index is 1.33. The van der Waals surface area contributed by atoms with E-state index in [0.29, 0.717) is 5.82 Å². The van der Waals surface area contributed by atoms with Crippen molar-refractivity contribution in [3.05, 3.63) is 206 Å². The van der Waals surface area contributed by atoms with Gasteiger partial charge in [0.05, 0.1) is 17.1 Å². The molecule has 49 heavy (non-hydrogen) atoms. The maximum absolute atomic E-state index is 5.16. The Kier molecular flexibility index (Phi) is 9.25. The molecule has 0 bridgehead atoms. The van der Waals surface area contributed by atoms with Gasteiger partial charge in [-0.2, -0.15) is 0 Å². The van der Waals surface area contributed by atoms with Gasteiger partial charge in [-0.1, -0.05) is 152 Å². The number of rotatable bonds is 9. The molecule has 3 heteroatoms. The number of aromatic nitrogens is 3. The van der Waals surface area contributed by atoms with E-state index in [1.54, 1.807) is 0 Å². The third-order valence-corrected chi connectivity index (χ3v) is 8.49. The van der Waals surface area contributed by atoms with Crippen LogP contribution in [0.25, 0.3) is 61.6 Å². The minimum absolute atomic E-state index is 0.631. The molecule has 0 saturated heterocycles. The molecule has 0 aliphatic heterocycles. The Morgan fingerprint density at radius 3 is 1.49 bits per heavy atom. The molecule has 0 spiro atoms. The molecule has 2 heterocycles. The van der Waals surface area contributed by atoms with E-state index in [0.717, 1.165) is 61.6 Å². The Bertz CT molecular complexity index is 2180. The van der Waals surface area contributed by atoms with Gasteiger partial charge in [-0.15, -0.1) is 0 Å². The average molecular weight is 630 g/mol. The molecular weight excluding hydrogens is 595 g/mol. The molecule has 7 aromatic rings. The molecule has 5 aromatic carbocycles. The van der Waals surface area contributed by atoms with Gasteiger partial charge in [0.15, 0.2) is 5.82 Å². The first kappa shape index (κ1) is 31.2. The van der Waals surface area contributed by atoms with E-state index in [4.69, 9.17) is 9.97 Å². The minimum Gasteiger partial charge on any atom is -0.256 e. The van der Waals surface area contributed by atoms with E-state index >= 15 is 0 Å². The van der Waals surface area contributed by atoms with Crippen LogP contribution in [0, 0.1) is 0 Å². The summed E-state index contributed by atoms with van der Waals surface area (Å²) in [7, 11) is 0. The lowest BCUT2D eigenvalue weighted by Crippen LogP contribution is -1.99. The molecule has 234 valence electrons. The van der Waals surface area contributed by atoms with Gasteiger partial charge in [-0.05, 0) is 70.7 Å². The molecule has 0 amide bonds. The molecule has 0 aliphatic rings. The monoisotopic (exact) mass is 629 g/mol. The highest BCUT2D eigenvalue weighted by atomic mass is 14.9. The van der Waals surface area contributed by atoms with Gasteiger partial charge in [0, 0.05) is 28.5 Å². The molecule has 2 aromatic heterocycles. The molecule has 0 saturated carbocycles. The number of hydrogen-bond donors (Lipinski definition) is 0. The summed E-state index contributed by atoms with van der Waals surface area (Å²) in [4.78, 5) is 14.8. The number of allylic oxidation sites excluding steroid dienone is 5.